The summed E-state index contributed by atoms with van der Waals surface area (Å²) in [6.07, 6.45) is 0. The number of ether oxygens (including phenoxy) is 1. The summed E-state index contributed by atoms with van der Waals surface area (Å²) in [5.41, 5.74) is 8.27. The number of nitrogens with two attached hydrogens (primary N) is 1. The second kappa shape index (κ2) is 5.64. The normalized spacial score (nSPS) is 11.3. The highest BCUT2D eigenvalue weighted by atomic mass is 19.1. The Morgan fingerprint density at radius 3 is 2.38 bits per heavy atom. The number of rotatable bonds is 3. The van der Waals surface area contributed by atoms with Crippen LogP contribution in [0, 0.1) is 5.82 Å². The standard InChI is InChI=1S/C17H21FN2O/c1-17(2,3)11-7-5-6-8-14(11)20-15-10-16(21-4)13(19)9-12(15)18/h5-10,20H,19H2,1-4H3. The summed E-state index contributed by atoms with van der Waals surface area (Å²) in [6.45, 7) is 6.36. The molecule has 2 aromatic rings. The average molecular weight is 288 g/mol. The molecule has 4 heteroatoms. The van der Waals surface area contributed by atoms with Crippen molar-refractivity contribution in [2.75, 3.05) is 18.2 Å². The number of nitrogens with one attached hydrogen (secondary N) is 1. The smallest absolute Gasteiger partial charge is 0.148 e. The van der Waals surface area contributed by atoms with Gasteiger partial charge in [-0.05, 0) is 17.0 Å². The highest BCUT2D eigenvalue weighted by Crippen LogP contribution is 2.34. The molecule has 0 saturated carbocycles. The van der Waals surface area contributed by atoms with Gasteiger partial charge in [0.25, 0.3) is 0 Å². The Balaban J connectivity index is 2.44. The molecule has 2 aromatic carbocycles. The molecule has 0 unspecified atom stereocenters. The molecule has 0 aliphatic heterocycles. The summed E-state index contributed by atoms with van der Waals surface area (Å²) >= 11 is 0. The maximum Gasteiger partial charge on any atom is 0.148 e. The van der Waals surface area contributed by atoms with Crippen LogP contribution in [-0.2, 0) is 5.41 Å². The Morgan fingerprint density at radius 2 is 1.76 bits per heavy atom. The van der Waals surface area contributed by atoms with E-state index in [2.05, 4.69) is 26.1 Å². The molecule has 0 fully saturated rings. The Kier molecular flexibility index (Phi) is 4.07. The fraction of sp³-hybridized carbons (Fsp3) is 0.294. The van der Waals surface area contributed by atoms with Crippen LogP contribution in [0.2, 0.25) is 0 Å². The van der Waals surface area contributed by atoms with Gasteiger partial charge in [-0.15, -0.1) is 0 Å². The van der Waals surface area contributed by atoms with Crippen molar-refractivity contribution < 1.29 is 9.13 Å². The van der Waals surface area contributed by atoms with Gasteiger partial charge < -0.3 is 15.8 Å². The molecule has 3 N–H and O–H groups in total. The largest absolute Gasteiger partial charge is 0.495 e. The third-order valence-corrected chi connectivity index (χ3v) is 3.32. The molecule has 0 aliphatic carbocycles. The lowest BCUT2D eigenvalue weighted by molar-refractivity contribution is 0.416. The number of nitrogen functional groups attached to an aromatic ring is 1. The zero-order valence-electron chi connectivity index (χ0n) is 12.8. The van der Waals surface area contributed by atoms with Crippen LogP contribution in [0.5, 0.6) is 5.75 Å². The number of anilines is 3. The van der Waals surface area contributed by atoms with Crippen molar-refractivity contribution in [2.24, 2.45) is 0 Å². The average Bonchev–Trinajstić information content (AvgIpc) is 2.41. The first-order chi connectivity index (χ1) is 9.82. The Bertz CT molecular complexity index is 648. The van der Waals surface area contributed by atoms with Crippen LogP contribution < -0.4 is 15.8 Å². The van der Waals surface area contributed by atoms with Crippen molar-refractivity contribution in [3.05, 3.63) is 47.8 Å². The van der Waals surface area contributed by atoms with Gasteiger partial charge in [0.15, 0.2) is 0 Å². The summed E-state index contributed by atoms with van der Waals surface area (Å²) in [7, 11) is 1.51. The van der Waals surface area contributed by atoms with E-state index in [0.29, 0.717) is 11.4 Å². The highest BCUT2D eigenvalue weighted by molar-refractivity contribution is 5.70. The van der Waals surface area contributed by atoms with Gasteiger partial charge in [-0.1, -0.05) is 39.0 Å². The van der Waals surface area contributed by atoms with Gasteiger partial charge in [0, 0.05) is 17.8 Å². The van der Waals surface area contributed by atoms with Gasteiger partial charge in [-0.25, -0.2) is 4.39 Å². The van der Waals surface area contributed by atoms with E-state index in [1.165, 1.54) is 13.2 Å². The first-order valence-corrected chi connectivity index (χ1v) is 6.82. The summed E-state index contributed by atoms with van der Waals surface area (Å²) < 4.78 is 19.2. The van der Waals surface area contributed by atoms with Crippen molar-refractivity contribution >= 4 is 17.1 Å². The zero-order chi connectivity index (χ0) is 15.6. The zero-order valence-corrected chi connectivity index (χ0v) is 12.8. The number of hydrogen-bond acceptors (Lipinski definition) is 3. The van der Waals surface area contributed by atoms with Crippen molar-refractivity contribution in [1.29, 1.82) is 0 Å². The first kappa shape index (κ1) is 15.2. The monoisotopic (exact) mass is 288 g/mol. The van der Waals surface area contributed by atoms with E-state index < -0.39 is 5.82 Å². The molecule has 2 rings (SSSR count). The number of benzene rings is 2. The van der Waals surface area contributed by atoms with Crippen molar-refractivity contribution in [3.63, 3.8) is 0 Å². The number of methoxy groups -OCH3 is 1. The fourth-order valence-corrected chi connectivity index (χ4v) is 2.23. The van der Waals surface area contributed by atoms with Gasteiger partial charge in [-0.2, -0.15) is 0 Å². The maximum absolute atomic E-state index is 14.1. The minimum Gasteiger partial charge on any atom is -0.495 e. The van der Waals surface area contributed by atoms with Crippen molar-refractivity contribution in [2.45, 2.75) is 26.2 Å². The second-order valence-corrected chi connectivity index (χ2v) is 5.99. The van der Waals surface area contributed by atoms with Crippen LogP contribution in [-0.4, -0.2) is 7.11 Å². The molecule has 0 saturated heterocycles. The molecule has 0 radical (unpaired) electrons. The minimum absolute atomic E-state index is 0.0437. The third-order valence-electron chi connectivity index (χ3n) is 3.32. The lowest BCUT2D eigenvalue weighted by Gasteiger charge is -2.23. The minimum atomic E-state index is -0.406. The van der Waals surface area contributed by atoms with E-state index in [-0.39, 0.29) is 11.1 Å². The van der Waals surface area contributed by atoms with E-state index in [9.17, 15) is 4.39 Å². The molecule has 0 aliphatic rings. The maximum atomic E-state index is 14.1. The molecule has 3 nitrogen and oxygen atoms in total. The van der Waals surface area contributed by atoms with Crippen LogP contribution in [0.4, 0.5) is 21.5 Å². The topological polar surface area (TPSA) is 47.3 Å². The summed E-state index contributed by atoms with van der Waals surface area (Å²) in [5, 5.41) is 3.14. The Hall–Kier alpha value is -2.23. The second-order valence-electron chi connectivity index (χ2n) is 5.99. The van der Waals surface area contributed by atoms with E-state index in [1.54, 1.807) is 6.07 Å². The quantitative estimate of drug-likeness (QED) is 0.820. The summed E-state index contributed by atoms with van der Waals surface area (Å²) in [5.74, 6) is 0.0455. The predicted octanol–water partition coefficient (Wildman–Crippen LogP) is 4.46. The highest BCUT2D eigenvalue weighted by Gasteiger charge is 2.18. The van der Waals surface area contributed by atoms with E-state index >= 15 is 0 Å². The molecule has 0 heterocycles. The molecule has 0 amide bonds. The molecular weight excluding hydrogens is 267 g/mol. The van der Waals surface area contributed by atoms with E-state index in [1.807, 2.05) is 24.3 Å². The van der Waals surface area contributed by atoms with Crippen LogP contribution in [0.1, 0.15) is 26.3 Å². The molecule has 0 bridgehead atoms. The van der Waals surface area contributed by atoms with Gasteiger partial charge in [0.2, 0.25) is 0 Å². The van der Waals surface area contributed by atoms with Gasteiger partial charge in [0.05, 0.1) is 18.5 Å². The van der Waals surface area contributed by atoms with Gasteiger partial charge >= 0.3 is 0 Å². The predicted molar refractivity (Wildman–Crippen MR) is 85.8 cm³/mol. The SMILES string of the molecule is COc1cc(Nc2ccccc2C(C)(C)C)c(F)cc1N. The molecule has 0 spiro atoms. The van der Waals surface area contributed by atoms with Crippen LogP contribution in [0.3, 0.4) is 0 Å². The summed E-state index contributed by atoms with van der Waals surface area (Å²) in [6, 6.07) is 10.7. The fourth-order valence-electron chi connectivity index (χ4n) is 2.23. The van der Waals surface area contributed by atoms with E-state index in [0.717, 1.165) is 11.3 Å². The van der Waals surface area contributed by atoms with E-state index in [4.69, 9.17) is 10.5 Å². The third kappa shape index (κ3) is 3.27. The lowest BCUT2D eigenvalue weighted by Crippen LogP contribution is -2.13. The Labute approximate surface area is 124 Å². The van der Waals surface area contributed by atoms with Gasteiger partial charge in [-0.3, -0.25) is 0 Å². The van der Waals surface area contributed by atoms with Crippen molar-refractivity contribution in [3.8, 4) is 5.75 Å². The van der Waals surface area contributed by atoms with Crippen LogP contribution in [0.25, 0.3) is 0 Å². The van der Waals surface area contributed by atoms with Crippen LogP contribution >= 0.6 is 0 Å². The van der Waals surface area contributed by atoms with Crippen LogP contribution in [0.15, 0.2) is 36.4 Å². The molecule has 21 heavy (non-hydrogen) atoms. The van der Waals surface area contributed by atoms with Gasteiger partial charge in [0.1, 0.15) is 11.6 Å². The summed E-state index contributed by atoms with van der Waals surface area (Å²) in [4.78, 5) is 0. The number of hydrogen-bond donors (Lipinski definition) is 2. The number of halogens is 1. The van der Waals surface area contributed by atoms with Crippen molar-refractivity contribution in [1.82, 2.24) is 0 Å². The molecule has 112 valence electrons. The molecule has 0 atom stereocenters. The first-order valence-electron chi connectivity index (χ1n) is 6.82. The molecular formula is C17H21FN2O. The molecule has 0 aromatic heterocycles. The lowest BCUT2D eigenvalue weighted by atomic mass is 9.86. The Morgan fingerprint density at radius 1 is 1.10 bits per heavy atom. The number of para-hydroxylation sites is 1.